The van der Waals surface area contributed by atoms with Crippen LogP contribution in [0.2, 0.25) is 0 Å². The molecule has 1 heterocycles. The largest absolute Gasteiger partial charge is 0.481 e. The Bertz CT molecular complexity index is 345. The van der Waals surface area contributed by atoms with E-state index >= 15 is 0 Å². The molecule has 1 unspecified atom stereocenters. The Morgan fingerprint density at radius 3 is 2.80 bits per heavy atom. The van der Waals surface area contributed by atoms with Gasteiger partial charge in [0.05, 0.1) is 12.8 Å². The Morgan fingerprint density at radius 1 is 1.67 bits per heavy atom. The summed E-state index contributed by atoms with van der Waals surface area (Å²) in [6, 6.07) is 0.282. The van der Waals surface area contributed by atoms with Crippen molar-refractivity contribution in [2.24, 2.45) is 5.73 Å². The van der Waals surface area contributed by atoms with Crippen LogP contribution in [0.25, 0.3) is 0 Å². The van der Waals surface area contributed by atoms with E-state index in [1.54, 1.807) is 0 Å². The summed E-state index contributed by atoms with van der Waals surface area (Å²) in [4.78, 5) is 18.7. The van der Waals surface area contributed by atoms with Crippen LogP contribution in [0.4, 0.5) is 0 Å². The number of rotatable bonds is 4. The van der Waals surface area contributed by atoms with Gasteiger partial charge in [0.25, 0.3) is 0 Å². The van der Waals surface area contributed by atoms with Crippen LogP contribution in [0.15, 0.2) is 6.07 Å². The van der Waals surface area contributed by atoms with Gasteiger partial charge in [0, 0.05) is 12.5 Å². The van der Waals surface area contributed by atoms with Crippen molar-refractivity contribution < 1.29 is 14.6 Å². The number of aryl methyl sites for hydroxylation is 1. The molecule has 0 aliphatic rings. The van der Waals surface area contributed by atoms with Gasteiger partial charge in [0.2, 0.25) is 5.88 Å². The zero-order valence-electron chi connectivity index (χ0n) is 8.60. The summed E-state index contributed by atoms with van der Waals surface area (Å²) in [5.74, 6) is -0.285. The van der Waals surface area contributed by atoms with Crippen molar-refractivity contribution in [2.45, 2.75) is 19.4 Å². The summed E-state index contributed by atoms with van der Waals surface area (Å²) in [6.07, 6.45) is 0.594. The first-order chi connectivity index (χ1) is 7.08. The summed E-state index contributed by atoms with van der Waals surface area (Å²) in [6.45, 7) is 1.87. The maximum Gasteiger partial charge on any atom is 0.326 e. The normalized spacial score (nSPS) is 12.2. The Labute approximate surface area is 87.1 Å². The Kier molecular flexibility index (Phi) is 3.56. The van der Waals surface area contributed by atoms with E-state index in [4.69, 9.17) is 15.6 Å². The number of hydrogen-bond acceptors (Lipinski definition) is 5. The molecule has 3 N–H and O–H groups in total. The molecule has 1 rings (SSSR count). The highest BCUT2D eigenvalue weighted by Gasteiger charge is 2.17. The fraction of sp³-hybridized carbons (Fsp3) is 0.444. The van der Waals surface area contributed by atoms with Crippen LogP contribution in [0.3, 0.4) is 0 Å². The van der Waals surface area contributed by atoms with Crippen LogP contribution < -0.4 is 10.5 Å². The molecule has 0 amide bonds. The highest BCUT2D eigenvalue weighted by atomic mass is 16.5. The molecule has 6 nitrogen and oxygen atoms in total. The number of nitrogens with zero attached hydrogens (tertiary/aromatic N) is 2. The van der Waals surface area contributed by atoms with Crippen molar-refractivity contribution in [1.82, 2.24) is 9.97 Å². The van der Waals surface area contributed by atoms with Gasteiger partial charge in [-0.1, -0.05) is 6.92 Å². The predicted molar refractivity (Wildman–Crippen MR) is 52.5 cm³/mol. The Morgan fingerprint density at radius 2 is 2.33 bits per heavy atom. The fourth-order valence-corrected chi connectivity index (χ4v) is 1.04. The van der Waals surface area contributed by atoms with Crippen molar-refractivity contribution in [1.29, 1.82) is 0 Å². The van der Waals surface area contributed by atoms with Crippen LogP contribution in [-0.4, -0.2) is 28.2 Å². The Balaban J connectivity index is 3.11. The molecule has 6 heteroatoms. The molecule has 0 bridgehead atoms. The minimum Gasteiger partial charge on any atom is -0.481 e. The lowest BCUT2D eigenvalue weighted by Gasteiger charge is -2.08. The van der Waals surface area contributed by atoms with Crippen LogP contribution in [0.1, 0.15) is 24.5 Å². The van der Waals surface area contributed by atoms with Crippen molar-refractivity contribution >= 4 is 5.97 Å². The van der Waals surface area contributed by atoms with E-state index < -0.39 is 12.0 Å². The van der Waals surface area contributed by atoms with Crippen molar-refractivity contribution in [3.63, 3.8) is 0 Å². The molecule has 82 valence electrons. The SMILES string of the molecule is CCc1nc(OC)cc(C(N)C(=O)O)n1. The van der Waals surface area contributed by atoms with Crippen molar-refractivity contribution in [3.8, 4) is 5.88 Å². The number of nitrogens with two attached hydrogens (primary N) is 1. The lowest BCUT2D eigenvalue weighted by Crippen LogP contribution is -2.22. The van der Waals surface area contributed by atoms with Gasteiger partial charge in [0.1, 0.15) is 11.9 Å². The maximum atomic E-state index is 10.7. The molecule has 0 saturated carbocycles. The van der Waals surface area contributed by atoms with Crippen LogP contribution in [0, 0.1) is 0 Å². The molecule has 0 aliphatic heterocycles. The molecule has 0 radical (unpaired) electrons. The van der Waals surface area contributed by atoms with E-state index in [1.165, 1.54) is 13.2 Å². The molecule has 0 aromatic carbocycles. The molecule has 0 saturated heterocycles. The quantitative estimate of drug-likeness (QED) is 0.734. The molecule has 1 aromatic rings. The third-order valence-corrected chi connectivity index (χ3v) is 1.88. The van der Waals surface area contributed by atoms with Gasteiger partial charge in [-0.15, -0.1) is 0 Å². The van der Waals surface area contributed by atoms with E-state index in [0.29, 0.717) is 18.1 Å². The summed E-state index contributed by atoms with van der Waals surface area (Å²) in [5, 5.41) is 8.74. The molecule has 1 aromatic heterocycles. The minimum absolute atomic E-state index is 0.256. The third kappa shape index (κ3) is 2.63. The summed E-state index contributed by atoms with van der Waals surface area (Å²) >= 11 is 0. The van der Waals surface area contributed by atoms with Gasteiger partial charge in [-0.3, -0.25) is 4.79 Å². The molecule has 0 fully saturated rings. The summed E-state index contributed by atoms with van der Waals surface area (Å²) in [7, 11) is 1.46. The lowest BCUT2D eigenvalue weighted by atomic mass is 10.2. The second-order valence-electron chi connectivity index (χ2n) is 2.92. The van der Waals surface area contributed by atoms with Gasteiger partial charge in [-0.25, -0.2) is 4.98 Å². The van der Waals surface area contributed by atoms with E-state index in [1.807, 2.05) is 6.92 Å². The first kappa shape index (κ1) is 11.4. The molecule has 1 atom stereocenters. The van der Waals surface area contributed by atoms with Gasteiger partial charge >= 0.3 is 5.97 Å². The number of ether oxygens (including phenoxy) is 1. The number of hydrogen-bond donors (Lipinski definition) is 2. The van der Waals surface area contributed by atoms with Crippen molar-refractivity contribution in [2.75, 3.05) is 7.11 Å². The first-order valence-electron chi connectivity index (χ1n) is 4.48. The molecular formula is C9H13N3O3. The van der Waals surface area contributed by atoms with Crippen LogP contribution in [0.5, 0.6) is 5.88 Å². The number of carboxylic acids is 1. The van der Waals surface area contributed by atoms with Crippen LogP contribution in [-0.2, 0) is 11.2 Å². The number of aliphatic carboxylic acids is 1. The topological polar surface area (TPSA) is 98.3 Å². The smallest absolute Gasteiger partial charge is 0.326 e. The highest BCUT2D eigenvalue weighted by Crippen LogP contribution is 2.14. The fourth-order valence-electron chi connectivity index (χ4n) is 1.04. The number of methoxy groups -OCH3 is 1. The third-order valence-electron chi connectivity index (χ3n) is 1.88. The number of aromatic nitrogens is 2. The zero-order chi connectivity index (χ0) is 11.4. The average molecular weight is 211 g/mol. The number of carbonyl (C=O) groups is 1. The summed E-state index contributed by atoms with van der Waals surface area (Å²) < 4.78 is 4.93. The summed E-state index contributed by atoms with van der Waals surface area (Å²) in [5.41, 5.74) is 5.70. The molecule has 0 aliphatic carbocycles. The van der Waals surface area contributed by atoms with E-state index in [-0.39, 0.29) is 5.69 Å². The Hall–Kier alpha value is -1.69. The second kappa shape index (κ2) is 4.70. The van der Waals surface area contributed by atoms with Gasteiger partial charge < -0.3 is 15.6 Å². The van der Waals surface area contributed by atoms with Gasteiger partial charge in [-0.05, 0) is 0 Å². The molecular weight excluding hydrogens is 198 g/mol. The van der Waals surface area contributed by atoms with E-state index in [2.05, 4.69) is 9.97 Å². The second-order valence-corrected chi connectivity index (χ2v) is 2.92. The van der Waals surface area contributed by atoms with Crippen LogP contribution >= 0.6 is 0 Å². The van der Waals surface area contributed by atoms with Crippen molar-refractivity contribution in [3.05, 3.63) is 17.6 Å². The highest BCUT2D eigenvalue weighted by molar-refractivity contribution is 5.74. The van der Waals surface area contributed by atoms with Gasteiger partial charge in [0.15, 0.2) is 0 Å². The first-order valence-corrected chi connectivity index (χ1v) is 4.48. The standard InChI is InChI=1S/C9H13N3O3/c1-3-6-11-5(8(10)9(13)14)4-7(12-6)15-2/h4,8H,3,10H2,1-2H3,(H,13,14). The average Bonchev–Trinajstić information content (AvgIpc) is 2.27. The minimum atomic E-state index is -1.15. The van der Waals surface area contributed by atoms with E-state index in [0.717, 1.165) is 0 Å². The molecule has 15 heavy (non-hydrogen) atoms. The van der Waals surface area contributed by atoms with Gasteiger partial charge in [-0.2, -0.15) is 4.98 Å². The molecule has 0 spiro atoms. The zero-order valence-corrected chi connectivity index (χ0v) is 8.60. The number of carboxylic acid groups (broad SMARTS) is 1. The monoisotopic (exact) mass is 211 g/mol. The lowest BCUT2D eigenvalue weighted by molar-refractivity contribution is -0.138. The van der Waals surface area contributed by atoms with E-state index in [9.17, 15) is 4.79 Å². The maximum absolute atomic E-state index is 10.7. The predicted octanol–water partition coefficient (Wildman–Crippen LogP) is 0.132.